The van der Waals surface area contributed by atoms with Gasteiger partial charge in [0.25, 0.3) is 0 Å². The van der Waals surface area contributed by atoms with Crippen LogP contribution in [0.15, 0.2) is 29.2 Å². The van der Waals surface area contributed by atoms with Crippen LogP contribution in [0, 0.1) is 0 Å². The third kappa shape index (κ3) is 7.04. The Morgan fingerprint density at radius 1 is 1.05 bits per heavy atom. The van der Waals surface area contributed by atoms with Crippen molar-refractivity contribution in [2.45, 2.75) is 24.2 Å². The highest BCUT2D eigenvalue weighted by atomic mass is 32.2. The number of sulfonamides is 1. The quantitative estimate of drug-likeness (QED) is 0.634. The van der Waals surface area contributed by atoms with Gasteiger partial charge >= 0.3 is 0 Å². The van der Waals surface area contributed by atoms with Crippen LogP contribution in [0.2, 0.25) is 0 Å². The Bertz CT molecular complexity index is 498. The lowest BCUT2D eigenvalue weighted by molar-refractivity contribution is 0.394. The van der Waals surface area contributed by atoms with Gasteiger partial charge in [-0.2, -0.15) is 0 Å². The van der Waals surface area contributed by atoms with Crippen LogP contribution in [-0.2, 0) is 16.4 Å². The van der Waals surface area contributed by atoms with Crippen molar-refractivity contribution in [2.75, 3.05) is 40.8 Å². The van der Waals surface area contributed by atoms with Crippen molar-refractivity contribution in [1.29, 1.82) is 0 Å². The summed E-state index contributed by atoms with van der Waals surface area (Å²) in [4.78, 5) is 2.43. The molecule has 0 atom stereocenters. The van der Waals surface area contributed by atoms with E-state index in [4.69, 9.17) is 0 Å². The molecule has 0 heterocycles. The van der Waals surface area contributed by atoms with Gasteiger partial charge in [-0.1, -0.05) is 12.1 Å². The maximum absolute atomic E-state index is 12.1. The Morgan fingerprint density at radius 3 is 2.29 bits per heavy atom. The SMILES string of the molecule is CNCCc1ccc(S(=O)(=O)NCCCCN(C)C)cc1. The van der Waals surface area contributed by atoms with E-state index >= 15 is 0 Å². The summed E-state index contributed by atoms with van der Waals surface area (Å²) in [7, 11) is 2.55. The Morgan fingerprint density at radius 2 is 1.71 bits per heavy atom. The minimum Gasteiger partial charge on any atom is -0.319 e. The van der Waals surface area contributed by atoms with Gasteiger partial charge in [-0.3, -0.25) is 0 Å². The van der Waals surface area contributed by atoms with Gasteiger partial charge in [0.2, 0.25) is 10.0 Å². The Labute approximate surface area is 128 Å². The van der Waals surface area contributed by atoms with E-state index in [1.165, 1.54) is 0 Å². The number of rotatable bonds is 10. The van der Waals surface area contributed by atoms with Crippen LogP contribution in [0.25, 0.3) is 0 Å². The highest BCUT2D eigenvalue weighted by Crippen LogP contribution is 2.11. The first-order chi connectivity index (χ1) is 9.95. The summed E-state index contributed by atoms with van der Waals surface area (Å²) < 4.78 is 26.9. The first-order valence-electron chi connectivity index (χ1n) is 7.33. The Hall–Kier alpha value is -0.950. The second-order valence-electron chi connectivity index (χ2n) is 5.41. The molecule has 0 aliphatic rings. The van der Waals surface area contributed by atoms with Crippen LogP contribution in [0.5, 0.6) is 0 Å². The topological polar surface area (TPSA) is 61.4 Å². The van der Waals surface area contributed by atoms with E-state index in [1.807, 2.05) is 33.3 Å². The molecule has 0 aliphatic carbocycles. The molecule has 1 aromatic rings. The van der Waals surface area contributed by atoms with Crippen molar-refractivity contribution in [1.82, 2.24) is 14.9 Å². The molecule has 0 fully saturated rings. The van der Waals surface area contributed by atoms with Crippen molar-refractivity contribution >= 4 is 10.0 Å². The minimum absolute atomic E-state index is 0.336. The molecule has 0 saturated carbocycles. The molecule has 120 valence electrons. The summed E-state index contributed by atoms with van der Waals surface area (Å²) in [5.41, 5.74) is 1.13. The molecule has 0 amide bonds. The lowest BCUT2D eigenvalue weighted by atomic mass is 10.1. The van der Waals surface area contributed by atoms with Gasteiger partial charge in [-0.15, -0.1) is 0 Å². The first kappa shape index (κ1) is 18.1. The zero-order valence-electron chi connectivity index (χ0n) is 13.2. The molecule has 21 heavy (non-hydrogen) atoms. The second kappa shape index (κ2) is 9.15. The van der Waals surface area contributed by atoms with Gasteiger partial charge in [-0.25, -0.2) is 13.1 Å². The minimum atomic E-state index is -3.38. The molecule has 1 aromatic carbocycles. The molecule has 1 rings (SSSR count). The van der Waals surface area contributed by atoms with Crippen molar-refractivity contribution in [3.05, 3.63) is 29.8 Å². The summed E-state index contributed by atoms with van der Waals surface area (Å²) in [5.74, 6) is 0. The molecular formula is C15H27N3O2S. The number of hydrogen-bond donors (Lipinski definition) is 2. The molecule has 0 spiro atoms. The van der Waals surface area contributed by atoms with Crippen molar-refractivity contribution in [2.24, 2.45) is 0 Å². The highest BCUT2D eigenvalue weighted by molar-refractivity contribution is 7.89. The summed E-state index contributed by atoms with van der Waals surface area (Å²) >= 11 is 0. The molecule has 0 aliphatic heterocycles. The maximum Gasteiger partial charge on any atom is 0.240 e. The standard InChI is InChI=1S/C15H27N3O2S/c1-16-12-10-14-6-8-15(9-7-14)21(19,20)17-11-4-5-13-18(2)3/h6-9,16-17H,4-5,10-13H2,1-3H3. The number of nitrogens with zero attached hydrogens (tertiary/aromatic N) is 1. The van der Waals surface area contributed by atoms with Gasteiger partial charge in [0.1, 0.15) is 0 Å². The van der Waals surface area contributed by atoms with Crippen LogP contribution >= 0.6 is 0 Å². The van der Waals surface area contributed by atoms with Crippen LogP contribution in [-0.4, -0.2) is 54.1 Å². The van der Waals surface area contributed by atoms with E-state index in [1.54, 1.807) is 12.1 Å². The summed E-state index contributed by atoms with van der Waals surface area (Å²) in [5, 5.41) is 3.07. The monoisotopic (exact) mass is 313 g/mol. The molecule has 5 nitrogen and oxygen atoms in total. The molecule has 0 bridgehead atoms. The number of benzene rings is 1. The van der Waals surface area contributed by atoms with E-state index in [0.29, 0.717) is 11.4 Å². The fourth-order valence-electron chi connectivity index (χ4n) is 1.95. The lowest BCUT2D eigenvalue weighted by Gasteiger charge is -2.10. The summed E-state index contributed by atoms with van der Waals surface area (Å²) in [6.45, 7) is 2.34. The van der Waals surface area contributed by atoms with E-state index in [0.717, 1.165) is 37.9 Å². The highest BCUT2D eigenvalue weighted by Gasteiger charge is 2.12. The van der Waals surface area contributed by atoms with Gasteiger partial charge < -0.3 is 10.2 Å². The van der Waals surface area contributed by atoms with Crippen LogP contribution in [0.1, 0.15) is 18.4 Å². The third-order valence-electron chi connectivity index (χ3n) is 3.22. The van der Waals surface area contributed by atoms with Gasteiger partial charge in [-0.05, 0) is 71.2 Å². The predicted molar refractivity (Wildman–Crippen MR) is 87.0 cm³/mol. The van der Waals surface area contributed by atoms with E-state index < -0.39 is 10.0 Å². The van der Waals surface area contributed by atoms with Gasteiger partial charge in [0.05, 0.1) is 4.90 Å². The number of unbranched alkanes of at least 4 members (excludes halogenated alkanes) is 1. The van der Waals surface area contributed by atoms with Gasteiger partial charge in [0.15, 0.2) is 0 Å². The average molecular weight is 313 g/mol. The van der Waals surface area contributed by atoms with E-state index in [2.05, 4.69) is 14.9 Å². The van der Waals surface area contributed by atoms with Crippen LogP contribution < -0.4 is 10.0 Å². The smallest absolute Gasteiger partial charge is 0.240 e. The molecule has 2 N–H and O–H groups in total. The maximum atomic E-state index is 12.1. The van der Waals surface area contributed by atoms with Gasteiger partial charge in [0, 0.05) is 6.54 Å². The number of nitrogens with one attached hydrogen (secondary N) is 2. The molecule has 0 saturated heterocycles. The summed E-state index contributed by atoms with van der Waals surface area (Å²) in [6.07, 6.45) is 2.73. The normalized spacial score (nSPS) is 12.0. The molecule has 6 heteroatoms. The fraction of sp³-hybridized carbons (Fsp3) is 0.600. The van der Waals surface area contributed by atoms with Crippen molar-refractivity contribution in [3.8, 4) is 0 Å². The third-order valence-corrected chi connectivity index (χ3v) is 4.70. The molecule has 0 aromatic heterocycles. The second-order valence-corrected chi connectivity index (χ2v) is 7.17. The Kier molecular flexibility index (Phi) is 7.88. The molecular weight excluding hydrogens is 286 g/mol. The van der Waals surface area contributed by atoms with Crippen LogP contribution in [0.4, 0.5) is 0 Å². The average Bonchev–Trinajstić information content (AvgIpc) is 2.44. The molecule has 0 unspecified atom stereocenters. The lowest BCUT2D eigenvalue weighted by Crippen LogP contribution is -2.25. The number of hydrogen-bond acceptors (Lipinski definition) is 4. The Balaban J connectivity index is 2.46. The van der Waals surface area contributed by atoms with E-state index in [9.17, 15) is 8.42 Å². The zero-order chi connectivity index (χ0) is 15.7. The van der Waals surface area contributed by atoms with Crippen molar-refractivity contribution in [3.63, 3.8) is 0 Å². The molecule has 0 radical (unpaired) electrons. The van der Waals surface area contributed by atoms with Crippen molar-refractivity contribution < 1.29 is 8.42 Å². The number of likely N-dealkylation sites (N-methyl/N-ethyl adjacent to an activating group) is 1. The summed E-state index contributed by atoms with van der Waals surface area (Å²) in [6, 6.07) is 7.09. The van der Waals surface area contributed by atoms with Crippen LogP contribution in [0.3, 0.4) is 0 Å². The predicted octanol–water partition coefficient (Wildman–Crippen LogP) is 1.07. The van der Waals surface area contributed by atoms with E-state index in [-0.39, 0.29) is 0 Å². The fourth-order valence-corrected chi connectivity index (χ4v) is 3.02. The zero-order valence-corrected chi connectivity index (χ0v) is 14.0. The first-order valence-corrected chi connectivity index (χ1v) is 8.82. The largest absolute Gasteiger partial charge is 0.319 e.